The molecule has 0 aromatic rings. The normalized spacial score (nSPS) is 17.8. The van der Waals surface area contributed by atoms with Gasteiger partial charge >= 0.3 is 0 Å². The van der Waals surface area contributed by atoms with E-state index in [0.29, 0.717) is 6.04 Å². The van der Waals surface area contributed by atoms with Crippen LogP contribution in [0, 0.1) is 5.92 Å². The number of nitrogens with one attached hydrogen (secondary N) is 1. The average molecular weight is 217 g/mol. The SMILES string of the molecule is CCNC(CSC(C)CC)C(C)CC. The maximum absolute atomic E-state index is 3.59. The van der Waals surface area contributed by atoms with Crippen LogP contribution in [0.4, 0.5) is 0 Å². The fourth-order valence-electron chi connectivity index (χ4n) is 1.36. The van der Waals surface area contributed by atoms with Crippen molar-refractivity contribution in [2.75, 3.05) is 12.3 Å². The molecule has 0 saturated carbocycles. The second-order valence-electron chi connectivity index (χ2n) is 4.10. The highest BCUT2D eigenvalue weighted by atomic mass is 32.2. The Morgan fingerprint density at radius 2 is 1.71 bits per heavy atom. The summed E-state index contributed by atoms with van der Waals surface area (Å²) in [6, 6.07) is 0.698. The predicted molar refractivity (Wildman–Crippen MR) is 69.1 cm³/mol. The van der Waals surface area contributed by atoms with Crippen LogP contribution < -0.4 is 5.32 Å². The summed E-state index contributed by atoms with van der Waals surface area (Å²) in [6.45, 7) is 12.5. The molecule has 0 aromatic heterocycles. The summed E-state index contributed by atoms with van der Waals surface area (Å²) in [5.41, 5.74) is 0. The topological polar surface area (TPSA) is 12.0 Å². The van der Waals surface area contributed by atoms with Gasteiger partial charge < -0.3 is 5.32 Å². The van der Waals surface area contributed by atoms with E-state index in [9.17, 15) is 0 Å². The second-order valence-corrected chi connectivity index (χ2v) is 5.57. The van der Waals surface area contributed by atoms with E-state index in [1.54, 1.807) is 0 Å². The first kappa shape index (κ1) is 14.3. The maximum Gasteiger partial charge on any atom is 0.0183 e. The monoisotopic (exact) mass is 217 g/mol. The van der Waals surface area contributed by atoms with Crippen molar-refractivity contribution in [1.82, 2.24) is 5.32 Å². The zero-order valence-corrected chi connectivity index (χ0v) is 11.3. The van der Waals surface area contributed by atoms with Gasteiger partial charge in [0.05, 0.1) is 0 Å². The van der Waals surface area contributed by atoms with Crippen molar-refractivity contribution in [3.63, 3.8) is 0 Å². The van der Waals surface area contributed by atoms with Crippen LogP contribution in [-0.4, -0.2) is 23.6 Å². The lowest BCUT2D eigenvalue weighted by atomic mass is 10.0. The first-order valence-electron chi connectivity index (χ1n) is 6.00. The van der Waals surface area contributed by atoms with E-state index < -0.39 is 0 Å². The molecule has 1 N–H and O–H groups in total. The lowest BCUT2D eigenvalue weighted by molar-refractivity contribution is 0.403. The van der Waals surface area contributed by atoms with E-state index in [1.165, 1.54) is 18.6 Å². The predicted octanol–water partition coefficient (Wildman–Crippen LogP) is 3.54. The molecule has 1 nitrogen and oxygen atoms in total. The van der Waals surface area contributed by atoms with Gasteiger partial charge in [-0.1, -0.05) is 41.0 Å². The molecule has 2 heteroatoms. The van der Waals surface area contributed by atoms with E-state index >= 15 is 0 Å². The minimum Gasteiger partial charge on any atom is -0.313 e. The van der Waals surface area contributed by atoms with Gasteiger partial charge in [0.15, 0.2) is 0 Å². The van der Waals surface area contributed by atoms with Gasteiger partial charge in [-0.05, 0) is 18.9 Å². The third kappa shape index (κ3) is 5.92. The van der Waals surface area contributed by atoms with Gasteiger partial charge in [-0.25, -0.2) is 0 Å². The molecule has 0 saturated heterocycles. The van der Waals surface area contributed by atoms with Gasteiger partial charge in [0.25, 0.3) is 0 Å². The maximum atomic E-state index is 3.59. The molecule has 0 bridgehead atoms. The van der Waals surface area contributed by atoms with Crippen molar-refractivity contribution in [3.05, 3.63) is 0 Å². The quantitative estimate of drug-likeness (QED) is 0.667. The summed E-state index contributed by atoms with van der Waals surface area (Å²) in [4.78, 5) is 0. The Morgan fingerprint density at radius 3 is 2.14 bits per heavy atom. The number of hydrogen-bond acceptors (Lipinski definition) is 2. The van der Waals surface area contributed by atoms with Crippen molar-refractivity contribution in [2.24, 2.45) is 5.92 Å². The standard InChI is InChI=1S/C12H27NS/c1-6-10(4)12(13-8-3)9-14-11(5)7-2/h10-13H,6-9H2,1-5H3. The molecule has 0 radical (unpaired) electrons. The van der Waals surface area contributed by atoms with Crippen molar-refractivity contribution in [2.45, 2.75) is 58.8 Å². The molecule has 0 aliphatic heterocycles. The van der Waals surface area contributed by atoms with Gasteiger partial charge in [0.1, 0.15) is 0 Å². The number of rotatable bonds is 8. The van der Waals surface area contributed by atoms with Gasteiger partial charge in [-0.3, -0.25) is 0 Å². The summed E-state index contributed by atoms with van der Waals surface area (Å²) in [5, 5.41) is 4.40. The zero-order chi connectivity index (χ0) is 11.0. The fraction of sp³-hybridized carbons (Fsp3) is 1.00. The second kappa shape index (κ2) is 8.60. The molecule has 0 fully saturated rings. The van der Waals surface area contributed by atoms with Gasteiger partial charge in [-0.15, -0.1) is 0 Å². The fourth-order valence-corrected chi connectivity index (χ4v) is 2.57. The molecule has 0 aromatic carbocycles. The first-order valence-corrected chi connectivity index (χ1v) is 7.05. The molecule has 3 atom stereocenters. The summed E-state index contributed by atoms with van der Waals surface area (Å²) in [5.74, 6) is 2.06. The van der Waals surface area contributed by atoms with E-state index in [2.05, 4.69) is 51.7 Å². The van der Waals surface area contributed by atoms with Crippen LogP contribution in [0.1, 0.15) is 47.5 Å². The minimum absolute atomic E-state index is 0.698. The van der Waals surface area contributed by atoms with Crippen molar-refractivity contribution < 1.29 is 0 Å². The Kier molecular flexibility index (Phi) is 8.80. The molecule has 3 unspecified atom stereocenters. The van der Waals surface area contributed by atoms with Crippen LogP contribution in [0.5, 0.6) is 0 Å². The van der Waals surface area contributed by atoms with Crippen molar-refractivity contribution >= 4 is 11.8 Å². The van der Waals surface area contributed by atoms with Crippen molar-refractivity contribution in [3.8, 4) is 0 Å². The number of thioether (sulfide) groups is 1. The molecule has 0 amide bonds. The minimum atomic E-state index is 0.698. The largest absolute Gasteiger partial charge is 0.313 e. The summed E-state index contributed by atoms with van der Waals surface area (Å²) in [6.07, 6.45) is 2.56. The van der Waals surface area contributed by atoms with Crippen LogP contribution in [-0.2, 0) is 0 Å². The molecule has 0 aliphatic carbocycles. The van der Waals surface area contributed by atoms with Crippen molar-refractivity contribution in [1.29, 1.82) is 0 Å². The van der Waals surface area contributed by atoms with Crippen LogP contribution >= 0.6 is 11.8 Å². The lowest BCUT2D eigenvalue weighted by Crippen LogP contribution is -2.37. The van der Waals surface area contributed by atoms with E-state index in [4.69, 9.17) is 0 Å². The highest BCUT2D eigenvalue weighted by Crippen LogP contribution is 2.19. The molecule has 0 heterocycles. The Balaban J connectivity index is 3.83. The molecular weight excluding hydrogens is 190 g/mol. The molecule has 0 rings (SSSR count). The van der Waals surface area contributed by atoms with Crippen LogP contribution in [0.25, 0.3) is 0 Å². The highest BCUT2D eigenvalue weighted by Gasteiger charge is 2.15. The zero-order valence-electron chi connectivity index (χ0n) is 10.5. The summed E-state index contributed by atoms with van der Waals surface area (Å²) < 4.78 is 0. The molecule has 0 spiro atoms. The Morgan fingerprint density at radius 1 is 1.07 bits per heavy atom. The van der Waals surface area contributed by atoms with Crippen LogP contribution in [0.3, 0.4) is 0 Å². The highest BCUT2D eigenvalue weighted by molar-refractivity contribution is 7.99. The third-order valence-electron chi connectivity index (χ3n) is 2.93. The van der Waals surface area contributed by atoms with E-state index in [1.807, 2.05) is 0 Å². The first-order chi connectivity index (χ1) is 6.65. The Bertz CT molecular complexity index is 127. The lowest BCUT2D eigenvalue weighted by Gasteiger charge is -2.24. The van der Waals surface area contributed by atoms with Gasteiger partial charge in [0.2, 0.25) is 0 Å². The smallest absolute Gasteiger partial charge is 0.0183 e. The molecule has 14 heavy (non-hydrogen) atoms. The summed E-state index contributed by atoms with van der Waals surface area (Å²) in [7, 11) is 0. The van der Waals surface area contributed by atoms with Crippen LogP contribution in [0.2, 0.25) is 0 Å². The Labute approximate surface area is 94.4 Å². The third-order valence-corrected chi connectivity index (χ3v) is 4.39. The summed E-state index contributed by atoms with van der Waals surface area (Å²) >= 11 is 2.11. The average Bonchev–Trinajstić information content (AvgIpc) is 2.22. The Hall–Kier alpha value is 0.310. The van der Waals surface area contributed by atoms with Crippen LogP contribution in [0.15, 0.2) is 0 Å². The van der Waals surface area contributed by atoms with Gasteiger partial charge in [-0.2, -0.15) is 11.8 Å². The molecule has 86 valence electrons. The van der Waals surface area contributed by atoms with E-state index in [-0.39, 0.29) is 0 Å². The number of hydrogen-bond donors (Lipinski definition) is 1. The molecule has 0 aliphatic rings. The van der Waals surface area contributed by atoms with Gasteiger partial charge in [0, 0.05) is 17.0 Å². The molecular formula is C12H27NS. The van der Waals surface area contributed by atoms with E-state index in [0.717, 1.165) is 17.7 Å².